The minimum absolute atomic E-state index is 0. The average molecular weight is 865 g/mol. The zero-order valence-corrected chi connectivity index (χ0v) is 34.2. The topological polar surface area (TPSA) is 284 Å². The summed E-state index contributed by atoms with van der Waals surface area (Å²) in [6.07, 6.45) is 14.5. The Morgan fingerprint density at radius 2 is 1.39 bits per heavy atom. The maximum atomic E-state index is 11.9. The number of sulfone groups is 1. The van der Waals surface area contributed by atoms with Crippen molar-refractivity contribution in [3.8, 4) is 0 Å². The third kappa shape index (κ3) is 13.1. The Bertz CT molecular complexity index is 2150. The first kappa shape index (κ1) is 48.3. The van der Waals surface area contributed by atoms with Gasteiger partial charge in [0.25, 0.3) is 10.0 Å². The average Bonchev–Trinajstić information content (AvgIpc) is 3.91. The van der Waals surface area contributed by atoms with Crippen molar-refractivity contribution >= 4 is 74.2 Å². The maximum absolute atomic E-state index is 11.9. The largest absolute Gasteiger partial charge is 0.565 e. The molecule has 0 spiro atoms. The van der Waals surface area contributed by atoms with Crippen molar-refractivity contribution in [3.63, 3.8) is 0 Å². The van der Waals surface area contributed by atoms with Crippen LogP contribution in [0.5, 0.6) is 0 Å². The number of nitrogens with two attached hydrogens (primary N) is 1. The third-order valence-electron chi connectivity index (χ3n) is 9.01. The van der Waals surface area contributed by atoms with Crippen LogP contribution in [0.15, 0.2) is 49.8 Å². The molecule has 1 unspecified atom stereocenters. The summed E-state index contributed by atoms with van der Waals surface area (Å²) in [7, 11) is -5.05. The van der Waals surface area contributed by atoms with Gasteiger partial charge >= 0.3 is 8.25 Å². The first-order chi connectivity index (χ1) is 25.7. The SMILES string of the molecule is C.CCCS(=O)(=O)CC1CC(N(C)c2ncnc3[nH]ccc23)C1.CCCS(=O)(=O)n1cncn1.CN(c1ncnc2[nH]ccc12)C1CC(N)C1.Cl.O=[P+]([O-])OO.[HH]. The van der Waals surface area contributed by atoms with Gasteiger partial charge in [0, 0.05) is 56.5 Å². The van der Waals surface area contributed by atoms with Gasteiger partial charge in [-0.2, -0.15) is 0 Å². The molecule has 2 saturated carbocycles. The van der Waals surface area contributed by atoms with Gasteiger partial charge in [-0.25, -0.2) is 47.0 Å². The molecule has 314 valence electrons. The van der Waals surface area contributed by atoms with Crippen molar-refractivity contribution in [2.75, 3.05) is 41.2 Å². The van der Waals surface area contributed by atoms with Gasteiger partial charge in [-0.15, -0.1) is 21.6 Å². The molecule has 2 aliphatic carbocycles. The van der Waals surface area contributed by atoms with E-state index in [4.69, 9.17) is 20.4 Å². The Morgan fingerprint density at radius 3 is 1.80 bits per heavy atom. The fourth-order valence-corrected chi connectivity index (χ4v) is 9.04. The minimum atomic E-state index is -3.22. The molecular weight excluding hydrogens is 811 g/mol. The van der Waals surface area contributed by atoms with Gasteiger partial charge in [-0.3, -0.25) is 0 Å². The molecule has 7 rings (SSSR count). The second-order valence-corrected chi connectivity index (χ2v) is 17.8. The quantitative estimate of drug-likeness (QED) is 0.0792. The van der Waals surface area contributed by atoms with Gasteiger partial charge in [0.05, 0.1) is 22.3 Å². The van der Waals surface area contributed by atoms with E-state index < -0.39 is 28.1 Å². The van der Waals surface area contributed by atoms with E-state index in [1.165, 1.54) is 12.7 Å². The number of aromatic nitrogens is 9. The van der Waals surface area contributed by atoms with Crippen molar-refractivity contribution < 1.29 is 37.7 Å². The molecule has 1 atom stereocenters. The standard InChI is InChI=1S/C15H22N4O2S.C11H15N5.C5H9N3O2S.CH4.ClH.HO4P.H2/c1-3-6-22(20,21)9-11-7-12(8-11)19(2)15-13-4-5-16-14(13)17-10-18-15;1-16(8-4-7(12)5-8)11-9-2-3-13-10(9)14-6-15-11;1-2-3-11(9,10)8-5-6-4-7-8;;;1-4-5(2)3;/h4-5,10-12H,3,6-9H2,1-2H3,(H,16,17,18);2-3,6-8H,4-5,12H2,1H3,(H,13,14,15);4-5H,2-3H2,1H3;1H4;1H;1H;1H. The van der Waals surface area contributed by atoms with Crippen LogP contribution >= 0.6 is 20.7 Å². The molecule has 0 bridgehead atoms. The summed E-state index contributed by atoms with van der Waals surface area (Å²) in [6.45, 7) is 3.71. The Hall–Kier alpha value is -3.89. The van der Waals surface area contributed by atoms with Crippen LogP contribution in [-0.2, 0) is 29.1 Å². The van der Waals surface area contributed by atoms with Crippen molar-refractivity contribution in [2.45, 2.75) is 77.9 Å². The summed E-state index contributed by atoms with van der Waals surface area (Å²) in [5, 5.41) is 12.7. The fraction of sp³-hybridized carbons (Fsp3) is 0.562. The predicted octanol–water partition coefficient (Wildman–Crippen LogP) is 3.54. The first-order valence-electron chi connectivity index (χ1n) is 17.2. The van der Waals surface area contributed by atoms with Crippen molar-refractivity contribution in [1.29, 1.82) is 0 Å². The molecule has 24 heteroatoms. The highest BCUT2D eigenvalue weighted by atomic mass is 35.5. The normalized spacial score (nSPS) is 18.8. The van der Waals surface area contributed by atoms with E-state index in [2.05, 4.69) is 61.5 Å². The van der Waals surface area contributed by atoms with Crippen LogP contribution in [0.3, 0.4) is 0 Å². The smallest absolute Gasteiger partial charge is 0.521 e. The number of rotatable bonds is 12. The molecule has 0 saturated heterocycles. The first-order valence-corrected chi connectivity index (χ1v) is 21.7. The van der Waals surface area contributed by atoms with Crippen LogP contribution in [0.1, 0.15) is 61.2 Å². The van der Waals surface area contributed by atoms with Gasteiger partial charge in [0.15, 0.2) is 9.84 Å². The van der Waals surface area contributed by atoms with Crippen LogP contribution in [0, 0.1) is 5.92 Å². The number of hydrogen-bond donors (Lipinski definition) is 4. The van der Waals surface area contributed by atoms with Crippen LogP contribution < -0.4 is 20.4 Å². The van der Waals surface area contributed by atoms with E-state index in [1.807, 2.05) is 38.5 Å². The van der Waals surface area contributed by atoms with Crippen LogP contribution in [0.4, 0.5) is 11.6 Å². The molecule has 2 aliphatic rings. The summed E-state index contributed by atoms with van der Waals surface area (Å²) in [6, 6.07) is 5.22. The Labute approximate surface area is 335 Å². The molecule has 2 fully saturated rings. The van der Waals surface area contributed by atoms with E-state index in [-0.39, 0.29) is 32.9 Å². The highest BCUT2D eigenvalue weighted by Gasteiger charge is 2.36. The highest BCUT2D eigenvalue weighted by Crippen LogP contribution is 2.36. The van der Waals surface area contributed by atoms with E-state index in [1.54, 1.807) is 19.6 Å². The van der Waals surface area contributed by atoms with Gasteiger partial charge in [0.2, 0.25) is 0 Å². The Kier molecular flexibility index (Phi) is 19.1. The Morgan fingerprint density at radius 1 is 0.911 bits per heavy atom. The molecule has 5 N–H and O–H groups in total. The molecule has 5 heterocycles. The number of fused-ring (bicyclic) bond motifs is 2. The molecule has 0 aromatic carbocycles. The third-order valence-corrected chi connectivity index (χ3v) is 12.8. The number of nitrogens with zero attached hydrogens (tertiary/aromatic N) is 9. The van der Waals surface area contributed by atoms with Crippen molar-refractivity contribution in [2.24, 2.45) is 11.7 Å². The number of halogens is 1. The molecule has 20 nitrogen and oxygen atoms in total. The van der Waals surface area contributed by atoms with Crippen LogP contribution in [0.2, 0.25) is 0 Å². The maximum Gasteiger partial charge on any atom is 0.521 e. The molecule has 0 amide bonds. The lowest BCUT2D eigenvalue weighted by Gasteiger charge is -2.41. The van der Waals surface area contributed by atoms with Gasteiger partial charge in [-0.05, 0) is 61.1 Å². The van der Waals surface area contributed by atoms with Gasteiger partial charge < -0.3 is 30.4 Å². The summed E-state index contributed by atoms with van der Waals surface area (Å²) in [4.78, 5) is 40.2. The van der Waals surface area contributed by atoms with Gasteiger partial charge in [0.1, 0.15) is 48.2 Å². The summed E-state index contributed by atoms with van der Waals surface area (Å²) < 4.78 is 58.6. The van der Waals surface area contributed by atoms with Crippen molar-refractivity contribution in [3.05, 3.63) is 49.8 Å². The van der Waals surface area contributed by atoms with Crippen LogP contribution in [0.25, 0.3) is 22.1 Å². The molecule has 0 radical (unpaired) electrons. The van der Waals surface area contributed by atoms with Crippen LogP contribution in [-0.4, -0.2) is 116 Å². The number of anilines is 2. The Balaban J connectivity index is 0.000000411. The lowest BCUT2D eigenvalue weighted by Crippen LogP contribution is -2.49. The second kappa shape index (κ2) is 22.2. The van der Waals surface area contributed by atoms with E-state index >= 15 is 0 Å². The van der Waals surface area contributed by atoms with E-state index in [9.17, 15) is 16.8 Å². The monoisotopic (exact) mass is 864 g/mol. The number of H-pyrrole nitrogens is 2. The highest BCUT2D eigenvalue weighted by molar-refractivity contribution is 7.91. The van der Waals surface area contributed by atoms with Gasteiger partial charge in [-0.1, -0.05) is 21.3 Å². The number of nitrogens with one attached hydrogen (secondary N) is 2. The predicted molar refractivity (Wildman–Crippen MR) is 218 cm³/mol. The van der Waals surface area contributed by atoms with Crippen molar-refractivity contribution in [1.82, 2.24) is 44.1 Å². The van der Waals surface area contributed by atoms with E-state index in [0.29, 0.717) is 42.5 Å². The molecule has 5 aromatic rings. The zero-order chi connectivity index (χ0) is 39.5. The molecule has 5 aromatic heterocycles. The molecule has 56 heavy (non-hydrogen) atoms. The summed E-state index contributed by atoms with van der Waals surface area (Å²) in [5.74, 6) is 2.92. The summed E-state index contributed by atoms with van der Waals surface area (Å²) >= 11 is 0. The molecular formula is C32H54ClN12O8PS2. The zero-order valence-electron chi connectivity index (χ0n) is 30.9. The second-order valence-electron chi connectivity index (χ2n) is 13.0. The number of aromatic amines is 2. The molecule has 0 aliphatic heterocycles. The lowest BCUT2D eigenvalue weighted by molar-refractivity contribution is -0.244. The minimum Gasteiger partial charge on any atom is -0.565 e. The lowest BCUT2D eigenvalue weighted by atomic mass is 9.81. The number of hydrogen-bond acceptors (Lipinski definition) is 17. The fourth-order valence-electron chi connectivity index (χ4n) is 6.17. The van der Waals surface area contributed by atoms with E-state index in [0.717, 1.165) is 63.5 Å². The summed E-state index contributed by atoms with van der Waals surface area (Å²) in [5.41, 5.74) is 7.53.